The van der Waals surface area contributed by atoms with E-state index in [9.17, 15) is 9.90 Å². The fourth-order valence-corrected chi connectivity index (χ4v) is 1.49. The molecule has 2 heteroatoms. The molecule has 1 fully saturated rings. The van der Waals surface area contributed by atoms with E-state index < -0.39 is 5.60 Å². The summed E-state index contributed by atoms with van der Waals surface area (Å²) in [5, 5.41) is 9.19. The zero-order valence-corrected chi connectivity index (χ0v) is 5.63. The molecule has 0 spiro atoms. The van der Waals surface area contributed by atoms with Gasteiger partial charge in [0.15, 0.2) is 0 Å². The molecule has 0 aliphatic heterocycles. The van der Waals surface area contributed by atoms with E-state index in [2.05, 4.69) is 0 Å². The van der Waals surface area contributed by atoms with Crippen LogP contribution in [0.3, 0.4) is 0 Å². The van der Waals surface area contributed by atoms with Crippen LogP contribution < -0.4 is 0 Å². The summed E-state index contributed by atoms with van der Waals surface area (Å²) in [7, 11) is 0. The molecule has 0 heterocycles. The summed E-state index contributed by atoms with van der Waals surface area (Å²) in [4.78, 5) is 9.94. The lowest BCUT2D eigenvalue weighted by Crippen LogP contribution is -2.40. The normalized spacial score (nSPS) is 41.8. The molecule has 52 valence electrons. The Morgan fingerprint density at radius 1 is 1.78 bits per heavy atom. The Bertz CT molecular complexity index is 110. The van der Waals surface area contributed by atoms with Crippen molar-refractivity contribution in [2.24, 2.45) is 5.92 Å². The number of carbonyl (C=O) groups is 1. The van der Waals surface area contributed by atoms with Crippen LogP contribution in [0.2, 0.25) is 0 Å². The number of hydrogen-bond acceptors (Lipinski definition) is 2. The number of aliphatic hydroxyl groups is 1. The SMILES string of the molecule is CC1(O)CC(CC=O)C1. The summed E-state index contributed by atoms with van der Waals surface area (Å²) in [6, 6.07) is 0. The van der Waals surface area contributed by atoms with Gasteiger partial charge in [-0.05, 0) is 25.7 Å². The van der Waals surface area contributed by atoms with Gasteiger partial charge in [-0.25, -0.2) is 0 Å². The Morgan fingerprint density at radius 2 is 2.33 bits per heavy atom. The maximum absolute atomic E-state index is 9.94. The van der Waals surface area contributed by atoms with Gasteiger partial charge in [0, 0.05) is 6.42 Å². The third-order valence-corrected chi connectivity index (χ3v) is 1.89. The van der Waals surface area contributed by atoms with Crippen LogP contribution in [-0.4, -0.2) is 17.0 Å². The van der Waals surface area contributed by atoms with Gasteiger partial charge in [-0.1, -0.05) is 0 Å². The van der Waals surface area contributed by atoms with E-state index in [1.165, 1.54) is 0 Å². The minimum Gasteiger partial charge on any atom is -0.390 e. The summed E-state index contributed by atoms with van der Waals surface area (Å²) >= 11 is 0. The number of carbonyl (C=O) groups excluding carboxylic acids is 1. The highest BCUT2D eigenvalue weighted by Gasteiger charge is 2.37. The highest BCUT2D eigenvalue weighted by Crippen LogP contribution is 2.38. The second kappa shape index (κ2) is 2.10. The van der Waals surface area contributed by atoms with Crippen molar-refractivity contribution < 1.29 is 9.90 Å². The van der Waals surface area contributed by atoms with Gasteiger partial charge in [-0.2, -0.15) is 0 Å². The topological polar surface area (TPSA) is 37.3 Å². The monoisotopic (exact) mass is 128 g/mol. The smallest absolute Gasteiger partial charge is 0.120 e. The average Bonchev–Trinajstić information content (AvgIpc) is 1.62. The van der Waals surface area contributed by atoms with Crippen LogP contribution in [0.4, 0.5) is 0 Å². The molecule has 1 saturated carbocycles. The average molecular weight is 128 g/mol. The molecule has 0 aromatic rings. The Hall–Kier alpha value is -0.370. The van der Waals surface area contributed by atoms with Crippen molar-refractivity contribution in [3.63, 3.8) is 0 Å². The molecule has 0 aromatic heterocycles. The van der Waals surface area contributed by atoms with Crippen LogP contribution >= 0.6 is 0 Å². The molecule has 1 N–H and O–H groups in total. The van der Waals surface area contributed by atoms with Gasteiger partial charge < -0.3 is 9.90 Å². The summed E-state index contributed by atoms with van der Waals surface area (Å²) in [6.07, 6.45) is 3.15. The summed E-state index contributed by atoms with van der Waals surface area (Å²) in [5.74, 6) is 0.456. The van der Waals surface area contributed by atoms with Crippen LogP contribution in [0.1, 0.15) is 26.2 Å². The molecule has 0 aromatic carbocycles. The second-order valence-electron chi connectivity index (χ2n) is 3.17. The third kappa shape index (κ3) is 1.52. The molecule has 0 radical (unpaired) electrons. The van der Waals surface area contributed by atoms with Gasteiger partial charge in [0.2, 0.25) is 0 Å². The second-order valence-corrected chi connectivity index (χ2v) is 3.17. The first kappa shape index (κ1) is 6.75. The molecule has 9 heavy (non-hydrogen) atoms. The minimum atomic E-state index is -0.465. The van der Waals surface area contributed by atoms with Gasteiger partial charge in [-0.3, -0.25) is 0 Å². The van der Waals surface area contributed by atoms with Gasteiger partial charge in [0.1, 0.15) is 6.29 Å². The van der Waals surface area contributed by atoms with Crippen molar-refractivity contribution >= 4 is 6.29 Å². The van der Waals surface area contributed by atoms with Crippen LogP contribution in [0.15, 0.2) is 0 Å². The van der Waals surface area contributed by atoms with Crippen LogP contribution in [-0.2, 0) is 4.79 Å². The maximum atomic E-state index is 9.94. The third-order valence-electron chi connectivity index (χ3n) is 1.89. The fraction of sp³-hybridized carbons (Fsp3) is 0.857. The molecule has 0 amide bonds. The Balaban J connectivity index is 2.19. The lowest BCUT2D eigenvalue weighted by Gasteiger charge is -2.40. The maximum Gasteiger partial charge on any atom is 0.120 e. The molecule has 0 atom stereocenters. The lowest BCUT2D eigenvalue weighted by atomic mass is 9.71. The minimum absolute atomic E-state index is 0.456. The largest absolute Gasteiger partial charge is 0.390 e. The predicted molar refractivity (Wildman–Crippen MR) is 34.0 cm³/mol. The fourth-order valence-electron chi connectivity index (χ4n) is 1.49. The van der Waals surface area contributed by atoms with E-state index in [4.69, 9.17) is 0 Å². The van der Waals surface area contributed by atoms with E-state index in [0.29, 0.717) is 12.3 Å². The molecule has 1 rings (SSSR count). The Kier molecular flexibility index (Phi) is 1.58. The van der Waals surface area contributed by atoms with Crippen molar-refractivity contribution in [3.05, 3.63) is 0 Å². The van der Waals surface area contributed by atoms with Crippen molar-refractivity contribution in [1.82, 2.24) is 0 Å². The standard InChI is InChI=1S/C7H12O2/c1-7(9)4-6(5-7)2-3-8/h3,6,9H,2,4-5H2,1H3. The molecular formula is C7H12O2. The van der Waals surface area contributed by atoms with E-state index >= 15 is 0 Å². The van der Waals surface area contributed by atoms with Gasteiger partial charge >= 0.3 is 0 Å². The van der Waals surface area contributed by atoms with Crippen molar-refractivity contribution in [2.75, 3.05) is 0 Å². The summed E-state index contributed by atoms with van der Waals surface area (Å²) in [6.45, 7) is 1.81. The summed E-state index contributed by atoms with van der Waals surface area (Å²) in [5.41, 5.74) is -0.465. The van der Waals surface area contributed by atoms with Crippen molar-refractivity contribution in [2.45, 2.75) is 31.8 Å². The first-order chi connectivity index (χ1) is 4.14. The van der Waals surface area contributed by atoms with Gasteiger partial charge in [0.05, 0.1) is 5.60 Å². The first-order valence-electron chi connectivity index (χ1n) is 3.30. The highest BCUT2D eigenvalue weighted by atomic mass is 16.3. The lowest BCUT2D eigenvalue weighted by molar-refractivity contribution is -0.112. The molecular weight excluding hydrogens is 116 g/mol. The van der Waals surface area contributed by atoms with E-state index in [-0.39, 0.29) is 0 Å². The molecule has 1 aliphatic rings. The van der Waals surface area contributed by atoms with Crippen molar-refractivity contribution in [3.8, 4) is 0 Å². The number of aldehydes is 1. The number of rotatable bonds is 2. The van der Waals surface area contributed by atoms with Crippen LogP contribution in [0, 0.1) is 5.92 Å². The quantitative estimate of drug-likeness (QED) is 0.557. The van der Waals surface area contributed by atoms with Crippen LogP contribution in [0.25, 0.3) is 0 Å². The van der Waals surface area contributed by atoms with E-state index in [0.717, 1.165) is 19.1 Å². The zero-order chi connectivity index (χ0) is 6.91. The van der Waals surface area contributed by atoms with E-state index in [1.54, 1.807) is 0 Å². The first-order valence-corrected chi connectivity index (χ1v) is 3.30. The van der Waals surface area contributed by atoms with Crippen molar-refractivity contribution in [1.29, 1.82) is 0 Å². The Labute approximate surface area is 54.9 Å². The molecule has 2 nitrogen and oxygen atoms in total. The number of hydrogen-bond donors (Lipinski definition) is 1. The Morgan fingerprint density at radius 3 is 2.67 bits per heavy atom. The molecule has 0 saturated heterocycles. The molecule has 0 unspecified atom stereocenters. The zero-order valence-electron chi connectivity index (χ0n) is 5.63. The van der Waals surface area contributed by atoms with Gasteiger partial charge in [-0.15, -0.1) is 0 Å². The van der Waals surface area contributed by atoms with E-state index in [1.807, 2.05) is 6.92 Å². The summed E-state index contributed by atoms with van der Waals surface area (Å²) < 4.78 is 0. The molecule has 0 bridgehead atoms. The molecule has 1 aliphatic carbocycles. The predicted octanol–water partition coefficient (Wildman–Crippen LogP) is 0.736. The van der Waals surface area contributed by atoms with Crippen LogP contribution in [0.5, 0.6) is 0 Å². The highest BCUT2D eigenvalue weighted by molar-refractivity contribution is 5.50. The van der Waals surface area contributed by atoms with Gasteiger partial charge in [0.25, 0.3) is 0 Å².